The van der Waals surface area contributed by atoms with Crippen LogP contribution in [0.25, 0.3) is 32.7 Å². The van der Waals surface area contributed by atoms with E-state index in [1.165, 1.54) is 0 Å². The molecule has 0 unspecified atom stereocenters. The molecule has 216 valence electrons. The van der Waals surface area contributed by atoms with Gasteiger partial charge in [-0.25, -0.2) is 14.4 Å². The van der Waals surface area contributed by atoms with Gasteiger partial charge >= 0.3 is 18.2 Å². The van der Waals surface area contributed by atoms with Crippen molar-refractivity contribution in [2.75, 3.05) is 24.7 Å². The lowest BCUT2D eigenvalue weighted by molar-refractivity contribution is -0.137. The lowest BCUT2D eigenvalue weighted by Crippen LogP contribution is -2.30. The Morgan fingerprint density at radius 1 is 0.767 bits per heavy atom. The summed E-state index contributed by atoms with van der Waals surface area (Å²) in [7, 11) is 0. The van der Waals surface area contributed by atoms with Crippen LogP contribution in [0.2, 0.25) is 0 Å². The van der Waals surface area contributed by atoms with Crippen molar-refractivity contribution in [3.05, 3.63) is 110 Å². The van der Waals surface area contributed by atoms with E-state index in [2.05, 4.69) is 17.2 Å². The smallest absolute Gasteiger partial charge is 0.417 e. The zero-order valence-corrected chi connectivity index (χ0v) is 24.1. The van der Waals surface area contributed by atoms with E-state index in [9.17, 15) is 14.4 Å². The van der Waals surface area contributed by atoms with Crippen LogP contribution in [0.3, 0.4) is 0 Å². The Kier molecular flexibility index (Phi) is 9.23. The van der Waals surface area contributed by atoms with Crippen LogP contribution in [0.1, 0.15) is 0 Å². The van der Waals surface area contributed by atoms with Crippen molar-refractivity contribution in [2.24, 2.45) is 0 Å². The number of carbonyl (C=O) groups is 3. The van der Waals surface area contributed by atoms with Gasteiger partial charge in [0.05, 0.1) is 6.54 Å². The highest BCUT2D eigenvalue weighted by Gasteiger charge is 2.22. The summed E-state index contributed by atoms with van der Waals surface area (Å²) in [5, 5.41) is 8.80. The van der Waals surface area contributed by atoms with Gasteiger partial charge in [0.1, 0.15) is 18.1 Å². The number of thioether (sulfide) groups is 1. The summed E-state index contributed by atoms with van der Waals surface area (Å²) >= 11 is 1.57. The second-order valence-corrected chi connectivity index (χ2v) is 10.1. The summed E-state index contributed by atoms with van der Waals surface area (Å²) in [5.41, 5.74) is 1.77. The highest BCUT2D eigenvalue weighted by Crippen LogP contribution is 2.45. The van der Waals surface area contributed by atoms with E-state index in [0.29, 0.717) is 16.8 Å². The van der Waals surface area contributed by atoms with E-state index in [-0.39, 0.29) is 24.7 Å². The minimum atomic E-state index is -0.736. The molecular formula is C34H28N2O6S. The molecule has 5 aromatic rings. The molecule has 0 bridgehead atoms. The topological polar surface area (TPSA) is 103 Å². The molecule has 0 radical (unpaired) electrons. The van der Waals surface area contributed by atoms with E-state index in [0.717, 1.165) is 32.5 Å². The van der Waals surface area contributed by atoms with Gasteiger partial charge in [-0.15, -0.1) is 11.8 Å². The fourth-order valence-electron chi connectivity index (χ4n) is 4.63. The molecule has 0 fully saturated rings. The summed E-state index contributed by atoms with van der Waals surface area (Å²) in [5.74, 6) is -0.0415. The first-order valence-electron chi connectivity index (χ1n) is 13.4. The number of hydrogen-bond acceptors (Lipinski definition) is 7. The zero-order chi connectivity index (χ0) is 30.2. The van der Waals surface area contributed by atoms with Crippen molar-refractivity contribution in [1.82, 2.24) is 5.32 Å². The van der Waals surface area contributed by atoms with Crippen molar-refractivity contribution in [1.29, 1.82) is 0 Å². The molecule has 0 aliphatic heterocycles. The molecule has 2 N–H and O–H groups in total. The van der Waals surface area contributed by atoms with Gasteiger partial charge in [0.2, 0.25) is 0 Å². The molecule has 0 aliphatic rings. The van der Waals surface area contributed by atoms with E-state index >= 15 is 0 Å². The molecule has 9 heteroatoms. The largest absolute Gasteiger partial charge is 0.461 e. The molecule has 0 spiro atoms. The van der Waals surface area contributed by atoms with Gasteiger partial charge in [-0.05, 0) is 58.1 Å². The number of ether oxygens (including phenoxy) is 3. The normalized spacial score (nSPS) is 10.6. The van der Waals surface area contributed by atoms with Crippen LogP contribution in [0, 0.1) is 0 Å². The third-order valence-electron chi connectivity index (χ3n) is 6.54. The van der Waals surface area contributed by atoms with Gasteiger partial charge in [-0.3, -0.25) is 5.32 Å². The van der Waals surface area contributed by atoms with Crippen molar-refractivity contribution >= 4 is 57.1 Å². The predicted octanol–water partition coefficient (Wildman–Crippen LogP) is 7.81. The Hall–Kier alpha value is -5.28. The number of nitrogens with one attached hydrogen (secondary N) is 2. The molecule has 0 saturated carbocycles. The molecule has 0 heterocycles. The molecule has 0 aromatic heterocycles. The van der Waals surface area contributed by atoms with Gasteiger partial charge in [0.15, 0.2) is 0 Å². The third-order valence-corrected chi connectivity index (χ3v) is 7.26. The molecule has 0 atom stereocenters. The summed E-state index contributed by atoms with van der Waals surface area (Å²) in [6.45, 7) is 3.35. The molecule has 2 amide bonds. The molecule has 0 saturated heterocycles. The molecule has 0 aliphatic carbocycles. The number of rotatable bonds is 9. The lowest BCUT2D eigenvalue weighted by Gasteiger charge is -2.19. The number of amides is 2. The zero-order valence-electron chi connectivity index (χ0n) is 23.3. The van der Waals surface area contributed by atoms with Gasteiger partial charge in [-0.1, -0.05) is 73.3 Å². The Morgan fingerprint density at radius 3 is 1.98 bits per heavy atom. The molecular weight excluding hydrogens is 564 g/mol. The van der Waals surface area contributed by atoms with Crippen LogP contribution in [0.4, 0.5) is 15.3 Å². The monoisotopic (exact) mass is 592 g/mol. The second kappa shape index (κ2) is 13.6. The predicted molar refractivity (Wildman–Crippen MR) is 170 cm³/mol. The van der Waals surface area contributed by atoms with Gasteiger partial charge < -0.3 is 19.5 Å². The number of carbonyl (C=O) groups excluding carboxylic acids is 3. The Bertz CT molecular complexity index is 1840. The second-order valence-electron chi connectivity index (χ2n) is 9.25. The molecule has 5 rings (SSSR count). The minimum absolute atomic E-state index is 0.0409. The van der Waals surface area contributed by atoms with E-state index < -0.39 is 18.2 Å². The summed E-state index contributed by atoms with van der Waals surface area (Å²) < 4.78 is 16.7. The number of hydrogen-bond donors (Lipinski definition) is 2. The average Bonchev–Trinajstić information content (AvgIpc) is 3.03. The van der Waals surface area contributed by atoms with Crippen LogP contribution in [0.15, 0.2) is 115 Å². The van der Waals surface area contributed by atoms with Crippen LogP contribution in [-0.2, 0) is 9.53 Å². The molecule has 8 nitrogen and oxygen atoms in total. The van der Waals surface area contributed by atoms with Gasteiger partial charge in [-0.2, -0.15) is 0 Å². The van der Waals surface area contributed by atoms with Gasteiger partial charge in [0, 0.05) is 27.8 Å². The summed E-state index contributed by atoms with van der Waals surface area (Å²) in [6.07, 6.45) is 1.61. The van der Waals surface area contributed by atoms with Crippen molar-refractivity contribution < 1.29 is 28.6 Å². The van der Waals surface area contributed by atoms with Crippen LogP contribution < -0.4 is 20.1 Å². The van der Waals surface area contributed by atoms with E-state index in [4.69, 9.17) is 14.2 Å². The first-order valence-corrected chi connectivity index (χ1v) is 14.6. The first-order chi connectivity index (χ1) is 21.0. The Balaban J connectivity index is 1.55. The average molecular weight is 593 g/mol. The van der Waals surface area contributed by atoms with Crippen LogP contribution >= 0.6 is 11.8 Å². The SMILES string of the molecule is C=CC(=O)OCCNC(=O)Oc1ccc2ccccc2c1-c1c(OC(=O)Nc2cccc(SC)c2)ccc2ccccc12. The number of esters is 1. The maximum Gasteiger partial charge on any atom is 0.417 e. The minimum Gasteiger partial charge on any atom is -0.461 e. The number of benzene rings is 5. The third kappa shape index (κ3) is 6.97. The fourth-order valence-corrected chi connectivity index (χ4v) is 5.09. The lowest BCUT2D eigenvalue weighted by atomic mass is 9.92. The van der Waals surface area contributed by atoms with Crippen molar-refractivity contribution in [3.8, 4) is 22.6 Å². The highest BCUT2D eigenvalue weighted by atomic mass is 32.2. The number of fused-ring (bicyclic) bond motifs is 2. The summed E-state index contributed by atoms with van der Waals surface area (Å²) in [6, 6.07) is 30.0. The fraction of sp³-hybridized carbons (Fsp3) is 0.0882. The molecule has 43 heavy (non-hydrogen) atoms. The summed E-state index contributed by atoms with van der Waals surface area (Å²) in [4.78, 5) is 38.3. The highest BCUT2D eigenvalue weighted by molar-refractivity contribution is 7.98. The van der Waals surface area contributed by atoms with E-state index in [1.54, 1.807) is 30.0 Å². The maximum absolute atomic E-state index is 13.2. The van der Waals surface area contributed by atoms with Gasteiger partial charge in [0.25, 0.3) is 0 Å². The Labute approximate surface area is 252 Å². The van der Waals surface area contributed by atoms with Crippen molar-refractivity contribution in [2.45, 2.75) is 4.90 Å². The molecule has 5 aromatic carbocycles. The van der Waals surface area contributed by atoms with Crippen LogP contribution in [0.5, 0.6) is 11.5 Å². The van der Waals surface area contributed by atoms with Crippen LogP contribution in [-0.4, -0.2) is 37.6 Å². The van der Waals surface area contributed by atoms with E-state index in [1.807, 2.05) is 85.1 Å². The first kappa shape index (κ1) is 29.2. The standard InChI is InChI=1S/C34H28N2O6S/c1-3-30(37)40-20-19-35-33(38)41-28-17-15-22-9-4-6-13-26(22)31(28)32-27-14-7-5-10-23(27)16-18-29(32)42-34(39)36-24-11-8-12-25(21-24)43-2/h3-18,21H,1,19-20H2,2H3,(H,35,38)(H,36,39). The number of anilines is 1. The maximum atomic E-state index is 13.2. The Morgan fingerprint density at radius 2 is 1.37 bits per heavy atom. The quantitative estimate of drug-likeness (QED) is 0.0779. The van der Waals surface area contributed by atoms with Crippen molar-refractivity contribution in [3.63, 3.8) is 0 Å².